The molecule has 3 amide bonds. The zero-order chi connectivity index (χ0) is 21.5. The van der Waals surface area contributed by atoms with E-state index in [2.05, 4.69) is 34.7 Å². The summed E-state index contributed by atoms with van der Waals surface area (Å²) in [4.78, 5) is 40.7. The van der Waals surface area contributed by atoms with Gasteiger partial charge in [0.2, 0.25) is 17.7 Å². The fraction of sp³-hybridized carbons (Fsp3) is 0.500. The quantitative estimate of drug-likeness (QED) is 0.615. The topological polar surface area (TPSA) is 117 Å². The molecule has 2 aromatic rings. The lowest BCUT2D eigenvalue weighted by molar-refractivity contribution is -0.136. The van der Waals surface area contributed by atoms with Gasteiger partial charge in [0.1, 0.15) is 11.6 Å². The van der Waals surface area contributed by atoms with Gasteiger partial charge in [0.15, 0.2) is 0 Å². The van der Waals surface area contributed by atoms with Crippen molar-refractivity contribution in [2.75, 3.05) is 0 Å². The summed E-state index contributed by atoms with van der Waals surface area (Å²) >= 11 is 0. The number of nitrogens with two attached hydrogens (primary N) is 1. The predicted molar refractivity (Wildman–Crippen MR) is 112 cm³/mol. The zero-order valence-electron chi connectivity index (χ0n) is 17.7. The van der Waals surface area contributed by atoms with Gasteiger partial charge in [-0.3, -0.25) is 14.4 Å². The van der Waals surface area contributed by atoms with Crippen LogP contribution in [0, 0.1) is 19.8 Å². The zero-order valence-corrected chi connectivity index (χ0v) is 17.7. The number of H-pyrrole nitrogens is 1. The minimum absolute atomic E-state index is 0.150. The minimum atomic E-state index is -1.12. The summed E-state index contributed by atoms with van der Waals surface area (Å²) in [5, 5.41) is 6.79. The van der Waals surface area contributed by atoms with Crippen molar-refractivity contribution >= 4 is 28.6 Å². The number of carbonyl (C=O) groups is 3. The molecule has 0 fully saturated rings. The lowest BCUT2D eigenvalue weighted by Crippen LogP contribution is -2.64. The van der Waals surface area contributed by atoms with Gasteiger partial charge in [-0.15, -0.1) is 0 Å². The Morgan fingerprint density at radius 1 is 1.17 bits per heavy atom. The molecule has 1 aromatic carbocycles. The molecule has 7 heteroatoms. The maximum Gasteiger partial charge on any atom is 0.246 e. The number of rotatable bonds is 5. The molecule has 1 aliphatic rings. The molecule has 0 bridgehead atoms. The summed E-state index contributed by atoms with van der Waals surface area (Å²) < 4.78 is 0. The number of hydrogen-bond acceptors (Lipinski definition) is 3. The van der Waals surface area contributed by atoms with Crippen molar-refractivity contribution in [2.24, 2.45) is 11.7 Å². The lowest BCUT2D eigenvalue weighted by atomic mass is 9.78. The normalized spacial score (nSPS) is 19.7. The Labute approximate surface area is 170 Å². The summed E-state index contributed by atoms with van der Waals surface area (Å²) in [6, 6.07) is 3.36. The number of aryl methyl sites for hydroxylation is 3. The molecule has 5 N–H and O–H groups in total. The third-order valence-corrected chi connectivity index (χ3v) is 5.95. The number of primary amides is 1. The van der Waals surface area contributed by atoms with Crippen molar-refractivity contribution in [1.29, 1.82) is 0 Å². The van der Waals surface area contributed by atoms with E-state index >= 15 is 0 Å². The molecule has 1 heterocycles. The van der Waals surface area contributed by atoms with E-state index in [1.807, 2.05) is 20.8 Å². The van der Waals surface area contributed by atoms with Crippen LogP contribution < -0.4 is 16.4 Å². The molecule has 3 rings (SSSR count). The average Bonchev–Trinajstić information content (AvgIpc) is 3.01. The summed E-state index contributed by atoms with van der Waals surface area (Å²) in [5.74, 6) is -1.38. The van der Waals surface area contributed by atoms with Crippen molar-refractivity contribution in [3.8, 4) is 0 Å². The highest BCUT2D eigenvalue weighted by Crippen LogP contribution is 2.37. The van der Waals surface area contributed by atoms with Crippen molar-refractivity contribution < 1.29 is 14.4 Å². The van der Waals surface area contributed by atoms with Crippen molar-refractivity contribution in [2.45, 2.75) is 65.5 Å². The Hall–Kier alpha value is -2.83. The summed E-state index contributed by atoms with van der Waals surface area (Å²) in [6.07, 6.45) is 1.43. The highest BCUT2D eigenvalue weighted by atomic mass is 16.2. The smallest absolute Gasteiger partial charge is 0.246 e. The Morgan fingerprint density at radius 3 is 2.41 bits per heavy atom. The van der Waals surface area contributed by atoms with Gasteiger partial charge in [-0.1, -0.05) is 26.0 Å². The van der Waals surface area contributed by atoms with E-state index in [-0.39, 0.29) is 17.7 Å². The second kappa shape index (κ2) is 7.54. The Balaban J connectivity index is 2.05. The number of hydrogen-bond donors (Lipinski definition) is 4. The number of benzene rings is 1. The number of aromatic nitrogens is 1. The molecule has 29 heavy (non-hydrogen) atoms. The Kier molecular flexibility index (Phi) is 5.43. The monoisotopic (exact) mass is 398 g/mol. The highest BCUT2D eigenvalue weighted by molar-refractivity contribution is 5.97. The van der Waals surface area contributed by atoms with Crippen molar-refractivity contribution in [1.82, 2.24) is 15.6 Å². The average molecular weight is 399 g/mol. The number of fused-ring (bicyclic) bond motifs is 3. The number of amides is 3. The fourth-order valence-corrected chi connectivity index (χ4v) is 4.42. The maximum absolute atomic E-state index is 13.4. The van der Waals surface area contributed by atoms with Crippen molar-refractivity contribution in [3.63, 3.8) is 0 Å². The second-order valence-electron chi connectivity index (χ2n) is 8.57. The van der Waals surface area contributed by atoms with E-state index in [0.29, 0.717) is 19.3 Å². The van der Waals surface area contributed by atoms with E-state index < -0.39 is 17.5 Å². The molecular formula is C22H30N4O3. The molecule has 7 nitrogen and oxygen atoms in total. The van der Waals surface area contributed by atoms with Gasteiger partial charge >= 0.3 is 0 Å². The van der Waals surface area contributed by atoms with E-state index in [0.717, 1.165) is 33.3 Å². The first-order chi connectivity index (χ1) is 13.6. The maximum atomic E-state index is 13.4. The third kappa shape index (κ3) is 3.73. The van der Waals surface area contributed by atoms with E-state index in [1.165, 1.54) is 6.92 Å². The van der Waals surface area contributed by atoms with Gasteiger partial charge in [0.05, 0.1) is 0 Å². The van der Waals surface area contributed by atoms with Crippen LogP contribution in [-0.4, -0.2) is 34.3 Å². The first-order valence-corrected chi connectivity index (χ1v) is 10.0. The van der Waals surface area contributed by atoms with Gasteiger partial charge < -0.3 is 21.4 Å². The molecule has 0 unspecified atom stereocenters. The van der Waals surface area contributed by atoms with Crippen LogP contribution in [-0.2, 0) is 27.2 Å². The SMILES string of the molecule is CC(=O)N[C@]1(C(=O)N[C@H](C(N)=O)C(C)C)CCc2[nH]c3c(C)ccc(C)c3c2C1. The first kappa shape index (κ1) is 20.9. The number of aromatic amines is 1. The molecule has 156 valence electrons. The molecular weight excluding hydrogens is 368 g/mol. The van der Waals surface area contributed by atoms with Gasteiger partial charge in [0.25, 0.3) is 0 Å². The molecule has 1 aromatic heterocycles. The number of carbonyl (C=O) groups excluding carboxylic acids is 3. The molecule has 0 spiro atoms. The Morgan fingerprint density at radius 2 is 1.83 bits per heavy atom. The third-order valence-electron chi connectivity index (χ3n) is 5.95. The van der Waals surface area contributed by atoms with Crippen LogP contribution in [0.5, 0.6) is 0 Å². The first-order valence-electron chi connectivity index (χ1n) is 10.0. The van der Waals surface area contributed by atoms with Crippen LogP contribution >= 0.6 is 0 Å². The summed E-state index contributed by atoms with van der Waals surface area (Å²) in [6.45, 7) is 9.16. The standard InChI is InChI=1S/C22H30N4O3/c1-11(2)18(20(23)28)25-21(29)22(26-14(5)27)9-8-16-15(10-22)17-12(3)6-7-13(4)19(17)24-16/h6-7,11,18,24H,8-10H2,1-5H3,(H2,23,28)(H,25,29)(H,26,27)/t18-,22+/m0/s1. The summed E-state index contributed by atoms with van der Waals surface area (Å²) in [7, 11) is 0. The van der Waals surface area contributed by atoms with E-state index in [9.17, 15) is 14.4 Å². The molecule has 0 aliphatic heterocycles. The van der Waals surface area contributed by atoms with Crippen LogP contribution in [0.1, 0.15) is 49.6 Å². The van der Waals surface area contributed by atoms with Gasteiger partial charge in [0, 0.05) is 29.9 Å². The van der Waals surface area contributed by atoms with E-state index in [4.69, 9.17) is 5.73 Å². The van der Waals surface area contributed by atoms with Crippen LogP contribution in [0.4, 0.5) is 0 Å². The molecule has 0 radical (unpaired) electrons. The fourth-order valence-electron chi connectivity index (χ4n) is 4.42. The van der Waals surface area contributed by atoms with Crippen LogP contribution in [0.25, 0.3) is 10.9 Å². The van der Waals surface area contributed by atoms with Crippen molar-refractivity contribution in [3.05, 3.63) is 34.5 Å². The second-order valence-corrected chi connectivity index (χ2v) is 8.57. The molecule has 0 saturated carbocycles. The van der Waals surface area contributed by atoms with Crippen LogP contribution in [0.15, 0.2) is 12.1 Å². The van der Waals surface area contributed by atoms with Gasteiger partial charge in [-0.25, -0.2) is 0 Å². The Bertz CT molecular complexity index is 992. The largest absolute Gasteiger partial charge is 0.368 e. The molecule has 1 aliphatic carbocycles. The van der Waals surface area contributed by atoms with Gasteiger partial charge in [-0.2, -0.15) is 0 Å². The highest BCUT2D eigenvalue weighted by Gasteiger charge is 2.44. The molecule has 0 saturated heterocycles. The lowest BCUT2D eigenvalue weighted by Gasteiger charge is -2.37. The summed E-state index contributed by atoms with van der Waals surface area (Å²) in [5.41, 5.74) is 9.86. The molecule has 2 atom stereocenters. The van der Waals surface area contributed by atoms with Gasteiger partial charge in [-0.05, 0) is 49.3 Å². The predicted octanol–water partition coefficient (Wildman–Crippen LogP) is 1.77. The number of nitrogens with one attached hydrogen (secondary N) is 3. The van der Waals surface area contributed by atoms with Crippen LogP contribution in [0.2, 0.25) is 0 Å². The van der Waals surface area contributed by atoms with Crippen LogP contribution in [0.3, 0.4) is 0 Å². The minimum Gasteiger partial charge on any atom is -0.368 e. The van der Waals surface area contributed by atoms with E-state index in [1.54, 1.807) is 0 Å².